The molecule has 1 aromatic heterocycles. The lowest BCUT2D eigenvalue weighted by Gasteiger charge is -2.21. The number of halogens is 4. The van der Waals surface area contributed by atoms with Crippen molar-refractivity contribution in [2.75, 3.05) is 19.6 Å². The number of fused-ring (bicyclic) bond motifs is 1. The number of hydrogen-bond donors (Lipinski definition) is 1. The highest BCUT2D eigenvalue weighted by atomic mass is 19.4. The standard InChI is InChI=1S/C26H25F4N3O2/c1-16-11-20(27)7-8-21(16)22-14-33(24(35)31-23(22)34)10-2-9-32-13-19-12-25(19,15-32)17-3-5-18(6-4-17)26(28,29)30/h3-8,11,14,19H,2,9-10,12-13,15H2,1H3,(H,31,34,35)/t19-,25+/m0/s1. The number of rotatable bonds is 6. The molecule has 1 saturated carbocycles. The van der Waals surface area contributed by atoms with Crippen molar-refractivity contribution in [3.63, 3.8) is 0 Å². The number of hydrogen-bond acceptors (Lipinski definition) is 3. The molecule has 5 rings (SSSR count). The van der Waals surface area contributed by atoms with Gasteiger partial charge in [-0.25, -0.2) is 9.18 Å². The van der Waals surface area contributed by atoms with Crippen LogP contribution in [0.5, 0.6) is 0 Å². The molecule has 2 aromatic carbocycles. The van der Waals surface area contributed by atoms with E-state index in [1.54, 1.807) is 19.1 Å². The van der Waals surface area contributed by atoms with Crippen LogP contribution in [0, 0.1) is 18.7 Å². The first kappa shape index (κ1) is 23.5. The lowest BCUT2D eigenvalue weighted by molar-refractivity contribution is -0.137. The van der Waals surface area contributed by atoms with Gasteiger partial charge in [-0.15, -0.1) is 0 Å². The summed E-state index contributed by atoms with van der Waals surface area (Å²) in [6.07, 6.45) is -1.17. The molecule has 1 N–H and O–H groups in total. The third kappa shape index (κ3) is 4.45. The molecule has 35 heavy (non-hydrogen) atoms. The summed E-state index contributed by atoms with van der Waals surface area (Å²) < 4.78 is 53.6. The highest BCUT2D eigenvalue weighted by molar-refractivity contribution is 5.65. The van der Waals surface area contributed by atoms with Crippen molar-refractivity contribution in [2.45, 2.75) is 37.9 Å². The molecule has 2 heterocycles. The van der Waals surface area contributed by atoms with Gasteiger partial charge in [-0.2, -0.15) is 13.2 Å². The average molecular weight is 487 g/mol. The normalized spacial score (nSPS) is 21.8. The zero-order valence-electron chi connectivity index (χ0n) is 19.2. The molecule has 0 spiro atoms. The van der Waals surface area contributed by atoms with Crippen LogP contribution in [-0.2, 0) is 18.1 Å². The Hall–Kier alpha value is -3.20. The zero-order valence-corrected chi connectivity index (χ0v) is 19.2. The molecule has 0 amide bonds. The Balaban J connectivity index is 1.24. The number of aromatic amines is 1. The lowest BCUT2D eigenvalue weighted by Crippen LogP contribution is -2.32. The number of aromatic nitrogens is 2. The van der Waals surface area contributed by atoms with Gasteiger partial charge >= 0.3 is 11.9 Å². The van der Waals surface area contributed by atoms with Crippen LogP contribution in [-0.4, -0.2) is 34.1 Å². The van der Waals surface area contributed by atoms with Crippen LogP contribution < -0.4 is 11.2 Å². The number of benzene rings is 2. The van der Waals surface area contributed by atoms with Crippen LogP contribution in [0.3, 0.4) is 0 Å². The predicted molar refractivity (Wildman–Crippen MR) is 124 cm³/mol. The molecule has 184 valence electrons. The Morgan fingerprint density at radius 2 is 1.80 bits per heavy atom. The maximum Gasteiger partial charge on any atom is 0.416 e. The van der Waals surface area contributed by atoms with E-state index in [4.69, 9.17) is 0 Å². The molecule has 9 heteroatoms. The molecule has 2 aliphatic rings. The van der Waals surface area contributed by atoms with Crippen molar-refractivity contribution >= 4 is 0 Å². The Kier molecular flexibility index (Phi) is 5.70. The molecular formula is C26H25F4N3O2. The van der Waals surface area contributed by atoms with Crippen LogP contribution in [0.2, 0.25) is 0 Å². The Labute approximate surface area is 199 Å². The molecule has 5 nitrogen and oxygen atoms in total. The third-order valence-electron chi connectivity index (χ3n) is 7.37. The maximum absolute atomic E-state index is 13.5. The van der Waals surface area contributed by atoms with Crippen molar-refractivity contribution < 1.29 is 17.6 Å². The summed E-state index contributed by atoms with van der Waals surface area (Å²) in [6.45, 7) is 4.50. The van der Waals surface area contributed by atoms with Gasteiger partial charge in [0.2, 0.25) is 0 Å². The number of nitrogens with zero attached hydrogens (tertiary/aromatic N) is 2. The average Bonchev–Trinajstić information content (AvgIpc) is 3.36. The Morgan fingerprint density at radius 3 is 2.49 bits per heavy atom. The number of likely N-dealkylation sites (tertiary alicyclic amines) is 1. The van der Waals surface area contributed by atoms with Gasteiger partial charge in [0.25, 0.3) is 5.56 Å². The molecule has 3 aromatic rings. The van der Waals surface area contributed by atoms with E-state index in [-0.39, 0.29) is 5.41 Å². The topological polar surface area (TPSA) is 58.1 Å². The highest BCUT2D eigenvalue weighted by Gasteiger charge is 2.60. The van der Waals surface area contributed by atoms with E-state index in [0.29, 0.717) is 35.6 Å². The summed E-state index contributed by atoms with van der Waals surface area (Å²) >= 11 is 0. The number of H-pyrrole nitrogens is 1. The largest absolute Gasteiger partial charge is 0.416 e. The minimum absolute atomic E-state index is 0.0772. The van der Waals surface area contributed by atoms with Crippen LogP contribution in [0.15, 0.2) is 58.3 Å². The fourth-order valence-corrected chi connectivity index (χ4v) is 5.46. The molecule has 2 fully saturated rings. The molecule has 1 aliphatic carbocycles. The minimum atomic E-state index is -4.34. The molecule has 1 aliphatic heterocycles. The quantitative estimate of drug-likeness (QED) is 0.527. The SMILES string of the molecule is Cc1cc(F)ccc1-c1cn(CCCN2C[C@@H]3C[C@]3(c3ccc(C(F)(F)F)cc3)C2)c(=O)[nH]c1=O. The number of aryl methyl sites for hydroxylation is 2. The first-order chi connectivity index (χ1) is 16.6. The van der Waals surface area contributed by atoms with E-state index in [2.05, 4.69) is 9.88 Å². The van der Waals surface area contributed by atoms with Crippen molar-refractivity contribution in [2.24, 2.45) is 5.92 Å². The van der Waals surface area contributed by atoms with Gasteiger partial charge in [-0.1, -0.05) is 18.2 Å². The second-order valence-corrected chi connectivity index (χ2v) is 9.68. The second kappa shape index (κ2) is 8.48. The second-order valence-electron chi connectivity index (χ2n) is 9.68. The number of alkyl halides is 3. The van der Waals surface area contributed by atoms with Gasteiger partial charge in [-0.05, 0) is 73.2 Å². The molecular weight excluding hydrogens is 462 g/mol. The van der Waals surface area contributed by atoms with E-state index in [9.17, 15) is 27.2 Å². The fourth-order valence-electron chi connectivity index (χ4n) is 5.46. The minimum Gasteiger partial charge on any atom is -0.302 e. The first-order valence-corrected chi connectivity index (χ1v) is 11.6. The molecule has 0 unspecified atom stereocenters. The van der Waals surface area contributed by atoms with Crippen LogP contribution in [0.1, 0.15) is 29.5 Å². The fraction of sp³-hybridized carbons (Fsp3) is 0.385. The molecule has 0 bridgehead atoms. The lowest BCUT2D eigenvalue weighted by atomic mass is 9.94. The van der Waals surface area contributed by atoms with Crippen molar-refractivity contribution in [3.8, 4) is 11.1 Å². The summed E-state index contributed by atoms with van der Waals surface area (Å²) in [5.41, 5.74) is 0.714. The summed E-state index contributed by atoms with van der Waals surface area (Å²) in [7, 11) is 0. The maximum atomic E-state index is 13.5. The number of piperidine rings is 1. The van der Waals surface area contributed by atoms with Gasteiger partial charge in [0, 0.05) is 31.2 Å². The monoisotopic (exact) mass is 487 g/mol. The summed E-state index contributed by atoms with van der Waals surface area (Å²) in [4.78, 5) is 29.3. The highest BCUT2D eigenvalue weighted by Crippen LogP contribution is 2.59. The van der Waals surface area contributed by atoms with Crippen molar-refractivity contribution in [1.29, 1.82) is 0 Å². The Morgan fingerprint density at radius 1 is 1.06 bits per heavy atom. The van der Waals surface area contributed by atoms with E-state index < -0.39 is 28.8 Å². The zero-order chi connectivity index (χ0) is 25.0. The van der Waals surface area contributed by atoms with Crippen LogP contribution in [0.25, 0.3) is 11.1 Å². The van der Waals surface area contributed by atoms with Gasteiger partial charge in [0.15, 0.2) is 0 Å². The van der Waals surface area contributed by atoms with Crippen LogP contribution in [0.4, 0.5) is 17.6 Å². The molecule has 0 radical (unpaired) electrons. The van der Waals surface area contributed by atoms with Gasteiger partial charge in [0.05, 0.1) is 11.1 Å². The Bertz CT molecular complexity index is 1380. The summed E-state index contributed by atoms with van der Waals surface area (Å²) in [5.74, 6) is 0.0387. The smallest absolute Gasteiger partial charge is 0.302 e. The van der Waals surface area contributed by atoms with E-state index in [0.717, 1.165) is 43.8 Å². The summed E-state index contributed by atoms with van der Waals surface area (Å²) in [6, 6.07) is 9.67. The van der Waals surface area contributed by atoms with Crippen molar-refractivity contribution in [1.82, 2.24) is 14.5 Å². The van der Waals surface area contributed by atoms with E-state index in [1.807, 2.05) is 0 Å². The van der Waals surface area contributed by atoms with Gasteiger partial charge in [-0.3, -0.25) is 14.3 Å². The van der Waals surface area contributed by atoms with Crippen LogP contribution >= 0.6 is 0 Å². The third-order valence-corrected chi connectivity index (χ3v) is 7.37. The predicted octanol–water partition coefficient (Wildman–Crippen LogP) is 4.33. The first-order valence-electron chi connectivity index (χ1n) is 11.6. The molecule has 1 saturated heterocycles. The van der Waals surface area contributed by atoms with Gasteiger partial charge in [0.1, 0.15) is 5.82 Å². The van der Waals surface area contributed by atoms with E-state index in [1.165, 1.54) is 29.0 Å². The number of nitrogens with one attached hydrogen (secondary N) is 1. The van der Waals surface area contributed by atoms with E-state index >= 15 is 0 Å². The van der Waals surface area contributed by atoms with Gasteiger partial charge < -0.3 is 4.90 Å². The summed E-state index contributed by atoms with van der Waals surface area (Å²) in [5, 5.41) is 0. The molecule has 2 atom stereocenters. The van der Waals surface area contributed by atoms with Crippen molar-refractivity contribution in [3.05, 3.63) is 92.0 Å².